The highest BCUT2D eigenvalue weighted by molar-refractivity contribution is 6.29. The monoisotopic (exact) mass is 265 g/mol. The summed E-state index contributed by atoms with van der Waals surface area (Å²) in [5.74, 6) is 1.92. The van der Waals surface area contributed by atoms with E-state index in [2.05, 4.69) is 28.8 Å². The highest BCUT2D eigenvalue weighted by Gasteiger charge is 2.16. The van der Waals surface area contributed by atoms with Crippen molar-refractivity contribution in [3.8, 4) is 11.6 Å². The van der Waals surface area contributed by atoms with Crippen molar-refractivity contribution < 1.29 is 0 Å². The van der Waals surface area contributed by atoms with Gasteiger partial charge in [-0.25, -0.2) is 15.0 Å². The Morgan fingerprint density at radius 2 is 2.00 bits per heavy atom. The molecule has 0 aliphatic heterocycles. The van der Waals surface area contributed by atoms with Crippen molar-refractivity contribution in [2.75, 3.05) is 5.73 Å². The lowest BCUT2D eigenvalue weighted by molar-refractivity contribution is 0.829. The summed E-state index contributed by atoms with van der Waals surface area (Å²) in [6.45, 7) is 6.07. The van der Waals surface area contributed by atoms with Crippen molar-refractivity contribution in [1.82, 2.24) is 19.5 Å². The van der Waals surface area contributed by atoms with E-state index in [4.69, 9.17) is 17.3 Å². The Morgan fingerprint density at radius 3 is 2.44 bits per heavy atom. The molecule has 0 atom stereocenters. The normalized spacial score (nSPS) is 11.2. The molecule has 0 spiro atoms. The highest BCUT2D eigenvalue weighted by Crippen LogP contribution is 2.26. The number of aromatic nitrogens is 4. The molecule has 0 aromatic carbocycles. The van der Waals surface area contributed by atoms with Crippen LogP contribution < -0.4 is 5.73 Å². The zero-order valence-electron chi connectivity index (χ0n) is 10.9. The number of halogens is 1. The van der Waals surface area contributed by atoms with E-state index in [9.17, 15) is 0 Å². The first kappa shape index (κ1) is 12.8. The minimum Gasteiger partial charge on any atom is -0.383 e. The first-order valence-corrected chi connectivity index (χ1v) is 6.11. The fraction of sp³-hybridized carbons (Fsp3) is 0.417. The van der Waals surface area contributed by atoms with Crippen LogP contribution in [-0.2, 0) is 7.05 Å². The van der Waals surface area contributed by atoms with Gasteiger partial charge in [-0.05, 0) is 12.8 Å². The zero-order valence-corrected chi connectivity index (χ0v) is 11.7. The molecule has 2 aromatic heterocycles. The highest BCUT2D eigenvalue weighted by atomic mass is 35.5. The van der Waals surface area contributed by atoms with Gasteiger partial charge >= 0.3 is 0 Å². The van der Waals surface area contributed by atoms with Crippen LogP contribution in [0.2, 0.25) is 5.15 Å². The van der Waals surface area contributed by atoms with Crippen LogP contribution in [0.5, 0.6) is 0 Å². The number of imidazole rings is 1. The molecule has 5 nitrogen and oxygen atoms in total. The molecule has 2 N–H and O–H groups in total. The Balaban J connectivity index is 2.58. The fourth-order valence-corrected chi connectivity index (χ4v) is 2.14. The molecule has 2 heterocycles. The summed E-state index contributed by atoms with van der Waals surface area (Å²) < 4.78 is 1.73. The Hall–Kier alpha value is -1.62. The minimum atomic E-state index is 0.295. The van der Waals surface area contributed by atoms with Crippen molar-refractivity contribution >= 4 is 17.4 Å². The minimum absolute atomic E-state index is 0.295. The van der Waals surface area contributed by atoms with E-state index >= 15 is 0 Å². The molecule has 2 aromatic rings. The SMILES string of the molecule is Cc1nc(-c2ncc(Cl)n2C)nc(N)c1C(C)C. The number of anilines is 1. The Morgan fingerprint density at radius 1 is 1.33 bits per heavy atom. The number of hydrogen-bond acceptors (Lipinski definition) is 4. The maximum absolute atomic E-state index is 6.00. The number of hydrogen-bond donors (Lipinski definition) is 1. The maximum Gasteiger partial charge on any atom is 0.198 e. The summed E-state index contributed by atoms with van der Waals surface area (Å²) in [7, 11) is 1.82. The van der Waals surface area contributed by atoms with E-state index in [1.165, 1.54) is 0 Å². The molecule has 0 aliphatic rings. The second-order valence-electron chi connectivity index (χ2n) is 4.55. The van der Waals surface area contributed by atoms with Crippen LogP contribution in [0.25, 0.3) is 11.6 Å². The van der Waals surface area contributed by atoms with E-state index in [1.54, 1.807) is 10.8 Å². The molecule has 0 radical (unpaired) electrons. The molecule has 18 heavy (non-hydrogen) atoms. The Labute approximate surface area is 111 Å². The molecular formula is C12H16ClN5. The molecule has 0 aliphatic carbocycles. The third-order valence-corrected chi connectivity index (χ3v) is 3.23. The van der Waals surface area contributed by atoms with Crippen LogP contribution in [0.4, 0.5) is 5.82 Å². The molecule has 0 fully saturated rings. The molecular weight excluding hydrogens is 250 g/mol. The number of rotatable bonds is 2. The van der Waals surface area contributed by atoms with Gasteiger partial charge in [-0.2, -0.15) is 0 Å². The quantitative estimate of drug-likeness (QED) is 0.906. The van der Waals surface area contributed by atoms with Crippen molar-refractivity contribution in [1.29, 1.82) is 0 Å². The lowest BCUT2D eigenvalue weighted by atomic mass is 10.0. The lowest BCUT2D eigenvalue weighted by Crippen LogP contribution is -2.08. The van der Waals surface area contributed by atoms with Crippen LogP contribution in [0.15, 0.2) is 6.20 Å². The van der Waals surface area contributed by atoms with Gasteiger partial charge in [0.2, 0.25) is 0 Å². The van der Waals surface area contributed by atoms with Crippen LogP contribution in [0.3, 0.4) is 0 Å². The van der Waals surface area contributed by atoms with Gasteiger partial charge < -0.3 is 10.3 Å². The second-order valence-corrected chi connectivity index (χ2v) is 4.94. The van der Waals surface area contributed by atoms with Gasteiger partial charge in [-0.3, -0.25) is 0 Å². The maximum atomic E-state index is 6.00. The van der Waals surface area contributed by atoms with Gasteiger partial charge in [0.15, 0.2) is 11.6 Å². The van der Waals surface area contributed by atoms with E-state index in [0.717, 1.165) is 11.3 Å². The number of nitrogens with two attached hydrogens (primary N) is 1. The molecule has 0 saturated carbocycles. The molecule has 0 amide bonds. The average Bonchev–Trinajstić information content (AvgIpc) is 2.58. The number of nitrogens with zero attached hydrogens (tertiary/aromatic N) is 4. The summed E-state index contributed by atoms with van der Waals surface area (Å²) in [6, 6.07) is 0. The molecule has 0 bridgehead atoms. The molecule has 6 heteroatoms. The predicted octanol–water partition coefficient (Wildman–Crippen LogP) is 2.54. The summed E-state index contributed by atoms with van der Waals surface area (Å²) in [4.78, 5) is 13.0. The zero-order chi connectivity index (χ0) is 13.4. The largest absolute Gasteiger partial charge is 0.383 e. The Bertz CT molecular complexity index is 565. The molecule has 0 unspecified atom stereocenters. The van der Waals surface area contributed by atoms with Crippen molar-refractivity contribution in [3.63, 3.8) is 0 Å². The van der Waals surface area contributed by atoms with E-state index in [-0.39, 0.29) is 0 Å². The first-order valence-electron chi connectivity index (χ1n) is 5.73. The van der Waals surface area contributed by atoms with E-state index < -0.39 is 0 Å². The lowest BCUT2D eigenvalue weighted by Gasteiger charge is -2.13. The summed E-state index contributed by atoms with van der Waals surface area (Å²) in [5, 5.41) is 0.540. The van der Waals surface area contributed by atoms with Crippen molar-refractivity contribution in [3.05, 3.63) is 22.6 Å². The average molecular weight is 266 g/mol. The second kappa shape index (κ2) is 4.57. The van der Waals surface area contributed by atoms with Crippen LogP contribution in [0, 0.1) is 6.92 Å². The standard InChI is InChI=1S/C12H16ClN5/c1-6(2)9-7(3)16-11(17-10(9)14)12-15-5-8(13)18(12)4/h5-6H,1-4H3,(H2,14,16,17). The topological polar surface area (TPSA) is 69.6 Å². The summed E-state index contributed by atoms with van der Waals surface area (Å²) in [5.41, 5.74) is 7.86. The third-order valence-electron chi connectivity index (χ3n) is 2.87. The van der Waals surface area contributed by atoms with E-state index in [1.807, 2.05) is 14.0 Å². The van der Waals surface area contributed by atoms with Crippen molar-refractivity contribution in [2.45, 2.75) is 26.7 Å². The Kier molecular flexibility index (Phi) is 3.26. The van der Waals surface area contributed by atoms with Gasteiger partial charge in [-0.15, -0.1) is 0 Å². The number of aryl methyl sites for hydroxylation is 1. The van der Waals surface area contributed by atoms with Gasteiger partial charge in [0, 0.05) is 18.3 Å². The third kappa shape index (κ3) is 2.06. The van der Waals surface area contributed by atoms with Crippen LogP contribution >= 0.6 is 11.6 Å². The summed E-state index contributed by atoms with van der Waals surface area (Å²) in [6.07, 6.45) is 1.57. The smallest absolute Gasteiger partial charge is 0.198 e. The van der Waals surface area contributed by atoms with Crippen molar-refractivity contribution in [2.24, 2.45) is 7.05 Å². The first-order chi connectivity index (χ1) is 8.41. The fourth-order valence-electron chi connectivity index (χ4n) is 2.01. The van der Waals surface area contributed by atoms with Gasteiger partial charge in [0.05, 0.1) is 6.20 Å². The van der Waals surface area contributed by atoms with Crippen LogP contribution in [-0.4, -0.2) is 19.5 Å². The number of nitrogen functional groups attached to an aromatic ring is 1. The molecule has 2 rings (SSSR count). The van der Waals surface area contributed by atoms with Gasteiger partial charge in [-0.1, -0.05) is 25.4 Å². The summed E-state index contributed by atoms with van der Waals surface area (Å²) >= 11 is 5.95. The van der Waals surface area contributed by atoms with E-state index in [0.29, 0.717) is 28.5 Å². The van der Waals surface area contributed by atoms with Gasteiger partial charge in [0.25, 0.3) is 0 Å². The molecule has 0 saturated heterocycles. The predicted molar refractivity (Wildman–Crippen MR) is 72.5 cm³/mol. The molecule has 96 valence electrons. The van der Waals surface area contributed by atoms with Crippen LogP contribution in [0.1, 0.15) is 31.0 Å². The van der Waals surface area contributed by atoms with Gasteiger partial charge in [0.1, 0.15) is 11.0 Å².